The lowest BCUT2D eigenvalue weighted by molar-refractivity contribution is 0.817. The van der Waals surface area contributed by atoms with Gasteiger partial charge in [0.2, 0.25) is 0 Å². The van der Waals surface area contributed by atoms with Gasteiger partial charge in [-0.25, -0.2) is 4.98 Å². The topological polar surface area (TPSA) is 38.0 Å². The second-order valence-electron chi connectivity index (χ2n) is 15.2. The van der Waals surface area contributed by atoms with E-state index in [1.54, 1.807) is 0 Å². The van der Waals surface area contributed by atoms with Crippen LogP contribution in [0.15, 0.2) is 212 Å². The Bertz CT molecular complexity index is 3140. The Morgan fingerprint density at radius 2 is 0.847 bits per heavy atom. The van der Waals surface area contributed by atoms with Crippen LogP contribution in [0.2, 0.25) is 0 Å². The summed E-state index contributed by atoms with van der Waals surface area (Å²) in [7, 11) is 0. The van der Waals surface area contributed by atoms with Crippen molar-refractivity contribution in [3.8, 4) is 33.6 Å². The minimum Gasteiger partial charge on any atom is -0.358 e. The van der Waals surface area contributed by atoms with Gasteiger partial charge in [-0.05, 0) is 82.9 Å². The van der Waals surface area contributed by atoms with E-state index in [9.17, 15) is 0 Å². The van der Waals surface area contributed by atoms with E-state index in [4.69, 9.17) is 4.98 Å². The maximum absolute atomic E-state index is 5.14. The summed E-state index contributed by atoms with van der Waals surface area (Å²) in [5.41, 5.74) is 14.7. The highest BCUT2D eigenvalue weighted by Gasteiger charge is 2.35. The summed E-state index contributed by atoms with van der Waals surface area (Å²) in [4.78, 5) is 7.51. The molecule has 8 aromatic carbocycles. The second kappa shape index (κ2) is 13.4. The number of fused-ring (bicyclic) bond motifs is 7. The van der Waals surface area contributed by atoms with Crippen molar-refractivity contribution in [1.29, 1.82) is 0 Å². The number of anilines is 3. The summed E-state index contributed by atoms with van der Waals surface area (Å²) >= 11 is 0. The third-order valence-corrected chi connectivity index (χ3v) is 12.0. The van der Waals surface area contributed by atoms with Gasteiger partial charge in [0.25, 0.3) is 0 Å². The molecule has 4 heterocycles. The van der Waals surface area contributed by atoms with Crippen LogP contribution in [0.3, 0.4) is 0 Å². The van der Waals surface area contributed by atoms with Crippen LogP contribution in [0.4, 0.5) is 17.2 Å². The number of pyridine rings is 1. The third-order valence-electron chi connectivity index (χ3n) is 12.0. The van der Waals surface area contributed by atoms with Crippen LogP contribution in [0, 0.1) is 0 Å². The predicted molar refractivity (Wildman–Crippen MR) is 245 cm³/mol. The van der Waals surface area contributed by atoms with Crippen molar-refractivity contribution in [2.45, 2.75) is 6.17 Å². The molecule has 0 saturated heterocycles. The Balaban J connectivity index is 1.13. The normalized spacial score (nSPS) is 13.7. The number of aromatic nitrogens is 3. The first-order valence-electron chi connectivity index (χ1n) is 20.2. The molecule has 5 heteroatoms. The van der Waals surface area contributed by atoms with Gasteiger partial charge in [0.1, 0.15) is 6.17 Å². The van der Waals surface area contributed by atoms with Gasteiger partial charge in [-0.3, -0.25) is 4.90 Å². The molecule has 1 aliphatic heterocycles. The number of nitrogens with one attached hydrogen (secondary N) is 1. The van der Waals surface area contributed by atoms with E-state index < -0.39 is 0 Å². The van der Waals surface area contributed by atoms with Crippen molar-refractivity contribution >= 4 is 60.8 Å². The Labute approximate surface area is 341 Å². The van der Waals surface area contributed by atoms with Gasteiger partial charge in [-0.1, -0.05) is 146 Å². The van der Waals surface area contributed by atoms with Crippen molar-refractivity contribution in [3.05, 3.63) is 218 Å². The molecule has 5 nitrogen and oxygen atoms in total. The molecule has 11 aromatic rings. The fourth-order valence-corrected chi connectivity index (χ4v) is 9.44. The number of nitrogens with zero attached hydrogens (tertiary/aromatic N) is 4. The van der Waals surface area contributed by atoms with E-state index in [1.807, 2.05) is 6.20 Å². The highest BCUT2D eigenvalue weighted by molar-refractivity contribution is 6.10. The minimum atomic E-state index is -0.287. The van der Waals surface area contributed by atoms with Gasteiger partial charge >= 0.3 is 0 Å². The maximum atomic E-state index is 5.14. The van der Waals surface area contributed by atoms with Crippen LogP contribution in [-0.4, -0.2) is 14.1 Å². The molecular formula is C54H37N5. The molecule has 0 fully saturated rings. The fourth-order valence-electron chi connectivity index (χ4n) is 9.44. The molecule has 0 radical (unpaired) electrons. The van der Waals surface area contributed by atoms with Gasteiger partial charge in [0.15, 0.2) is 5.82 Å². The Kier molecular flexibility index (Phi) is 7.53. The zero-order valence-electron chi connectivity index (χ0n) is 32.1. The summed E-state index contributed by atoms with van der Waals surface area (Å²) in [5, 5.41) is 9.01. The van der Waals surface area contributed by atoms with Gasteiger partial charge in [0, 0.05) is 50.4 Å². The SMILES string of the molecule is c1ccc(-c2ccccc2-c2ccnc3c2NC(c2cc(-n4c5ccccc5c5ccccc54)cc(-n4c5ccccc5c5ccccc54)c2)N3c2ccccc2)cc1. The van der Waals surface area contributed by atoms with Gasteiger partial charge in [-0.2, -0.15) is 0 Å². The fraction of sp³-hybridized carbons (Fsp3) is 0.0185. The molecular weight excluding hydrogens is 719 g/mol. The first-order chi connectivity index (χ1) is 29.3. The number of hydrogen-bond acceptors (Lipinski definition) is 3. The number of hydrogen-bond donors (Lipinski definition) is 1. The molecule has 0 bridgehead atoms. The summed E-state index contributed by atoms with van der Waals surface area (Å²) in [6, 6.07) is 74.2. The Morgan fingerprint density at radius 1 is 0.390 bits per heavy atom. The molecule has 0 aliphatic carbocycles. The van der Waals surface area contributed by atoms with Crippen molar-refractivity contribution in [3.63, 3.8) is 0 Å². The lowest BCUT2D eigenvalue weighted by atomic mass is 9.94. The largest absolute Gasteiger partial charge is 0.358 e. The van der Waals surface area contributed by atoms with Crippen LogP contribution in [-0.2, 0) is 0 Å². The molecule has 3 aromatic heterocycles. The number of benzene rings is 8. The molecule has 12 rings (SSSR count). The Morgan fingerprint density at radius 3 is 1.39 bits per heavy atom. The van der Waals surface area contributed by atoms with E-state index in [-0.39, 0.29) is 6.17 Å². The lowest BCUT2D eigenvalue weighted by Gasteiger charge is -2.28. The average Bonchev–Trinajstić information content (AvgIpc) is 3.98. The first kappa shape index (κ1) is 33.3. The monoisotopic (exact) mass is 755 g/mol. The van der Waals surface area contributed by atoms with Gasteiger partial charge < -0.3 is 14.5 Å². The van der Waals surface area contributed by atoms with E-state index in [1.165, 1.54) is 54.7 Å². The van der Waals surface area contributed by atoms with E-state index in [0.717, 1.165) is 45.3 Å². The second-order valence-corrected chi connectivity index (χ2v) is 15.2. The van der Waals surface area contributed by atoms with Crippen LogP contribution >= 0.6 is 0 Å². The van der Waals surface area contributed by atoms with Crippen LogP contribution < -0.4 is 10.2 Å². The van der Waals surface area contributed by atoms with E-state index in [0.29, 0.717) is 0 Å². The predicted octanol–water partition coefficient (Wildman–Crippen LogP) is 13.9. The zero-order chi connectivity index (χ0) is 38.9. The smallest absolute Gasteiger partial charge is 0.159 e. The molecule has 0 saturated carbocycles. The standard InChI is InChI=1S/C54H37N5/c1-3-17-36(18-4-1)41-21-7-8-22-42(41)47-31-32-55-54-52(47)56-53(59(54)38-19-5-2-6-20-38)37-33-39(57-48-27-13-9-23-43(48)44-24-10-14-28-49(44)57)35-40(34-37)58-50-29-15-11-25-45(50)46-26-12-16-30-51(46)58/h1-35,53,56H. The minimum absolute atomic E-state index is 0.287. The molecule has 278 valence electrons. The lowest BCUT2D eigenvalue weighted by Crippen LogP contribution is -2.24. The highest BCUT2D eigenvalue weighted by Crippen LogP contribution is 2.50. The third kappa shape index (κ3) is 5.22. The summed E-state index contributed by atoms with van der Waals surface area (Å²) in [5.74, 6) is 0.891. The van der Waals surface area contributed by atoms with Crippen molar-refractivity contribution in [2.75, 3.05) is 10.2 Å². The van der Waals surface area contributed by atoms with E-state index in [2.05, 4.69) is 226 Å². The molecule has 1 unspecified atom stereocenters. The van der Waals surface area contributed by atoms with Crippen LogP contribution in [0.25, 0.3) is 77.2 Å². The zero-order valence-corrected chi connectivity index (χ0v) is 32.1. The summed E-state index contributed by atoms with van der Waals surface area (Å²) in [6.45, 7) is 0. The summed E-state index contributed by atoms with van der Waals surface area (Å²) < 4.78 is 4.86. The number of rotatable bonds is 6. The van der Waals surface area contributed by atoms with Gasteiger partial charge in [-0.15, -0.1) is 0 Å². The van der Waals surface area contributed by atoms with Gasteiger partial charge in [0.05, 0.1) is 27.8 Å². The average molecular weight is 756 g/mol. The highest BCUT2D eigenvalue weighted by atomic mass is 15.4. The molecule has 59 heavy (non-hydrogen) atoms. The van der Waals surface area contributed by atoms with Crippen molar-refractivity contribution in [2.24, 2.45) is 0 Å². The van der Waals surface area contributed by atoms with Crippen molar-refractivity contribution < 1.29 is 0 Å². The molecule has 0 amide bonds. The van der Waals surface area contributed by atoms with Crippen LogP contribution in [0.1, 0.15) is 11.7 Å². The Hall–Kier alpha value is -7.89. The summed E-state index contributed by atoms with van der Waals surface area (Å²) in [6.07, 6.45) is 1.67. The first-order valence-corrected chi connectivity index (χ1v) is 20.2. The van der Waals surface area contributed by atoms with Crippen LogP contribution in [0.5, 0.6) is 0 Å². The number of para-hydroxylation sites is 5. The molecule has 0 spiro atoms. The molecule has 1 atom stereocenters. The molecule has 1 N–H and O–H groups in total. The quantitative estimate of drug-likeness (QED) is 0.184. The maximum Gasteiger partial charge on any atom is 0.159 e. The van der Waals surface area contributed by atoms with E-state index >= 15 is 0 Å². The van der Waals surface area contributed by atoms with Crippen molar-refractivity contribution in [1.82, 2.24) is 14.1 Å². The molecule has 1 aliphatic rings.